The molecule has 0 rings (SSSR count). The molecule has 1 heteroatoms. The zero-order chi connectivity index (χ0) is 5.70. The summed E-state index contributed by atoms with van der Waals surface area (Å²) >= 11 is 1.91. The summed E-state index contributed by atoms with van der Waals surface area (Å²) in [5, 5.41) is 0.764. The minimum atomic E-state index is 0.764. The predicted octanol–water partition coefficient (Wildman–Crippen LogP) is 2.70. The molecule has 0 heterocycles. The molecule has 0 bridgehead atoms. The van der Waals surface area contributed by atoms with Crippen molar-refractivity contribution in [3.63, 3.8) is 0 Å². The van der Waals surface area contributed by atoms with E-state index in [1.165, 1.54) is 6.42 Å². The molecule has 0 saturated heterocycles. The lowest BCUT2D eigenvalue weighted by Gasteiger charge is -1.98. The van der Waals surface area contributed by atoms with Crippen molar-refractivity contribution in [3.05, 3.63) is 5.75 Å². The SMILES string of the molecule is CC[CH]SC(C)C. The molecule has 1 radical (unpaired) electrons. The van der Waals surface area contributed by atoms with Gasteiger partial charge in [0.2, 0.25) is 0 Å². The summed E-state index contributed by atoms with van der Waals surface area (Å²) in [6.07, 6.45) is 1.18. The van der Waals surface area contributed by atoms with Crippen LogP contribution in [0.4, 0.5) is 0 Å². The van der Waals surface area contributed by atoms with Crippen molar-refractivity contribution in [1.82, 2.24) is 0 Å². The van der Waals surface area contributed by atoms with Gasteiger partial charge in [0, 0.05) is 5.75 Å². The van der Waals surface area contributed by atoms with Crippen LogP contribution in [0.2, 0.25) is 0 Å². The number of rotatable bonds is 3. The van der Waals surface area contributed by atoms with Gasteiger partial charge in [0.05, 0.1) is 0 Å². The van der Waals surface area contributed by atoms with Gasteiger partial charge in [-0.3, -0.25) is 0 Å². The molecule has 0 fully saturated rings. The molecule has 0 N–H and O–H groups in total. The first kappa shape index (κ1) is 7.35. The second kappa shape index (κ2) is 4.51. The highest BCUT2D eigenvalue weighted by Crippen LogP contribution is 2.13. The number of hydrogen-bond donors (Lipinski definition) is 0. The van der Waals surface area contributed by atoms with Gasteiger partial charge in [-0.1, -0.05) is 20.8 Å². The van der Waals surface area contributed by atoms with Crippen molar-refractivity contribution >= 4 is 11.8 Å². The van der Waals surface area contributed by atoms with Crippen LogP contribution in [0.25, 0.3) is 0 Å². The summed E-state index contributed by atoms with van der Waals surface area (Å²) in [5.41, 5.74) is 0. The predicted molar refractivity (Wildman–Crippen MR) is 37.3 cm³/mol. The number of thioether (sulfide) groups is 1. The zero-order valence-electron chi connectivity index (χ0n) is 5.27. The second-order valence-corrected chi connectivity index (χ2v) is 3.31. The van der Waals surface area contributed by atoms with E-state index in [1.54, 1.807) is 0 Å². The minimum Gasteiger partial charge on any atom is -0.155 e. The Hall–Kier alpha value is 0.350. The van der Waals surface area contributed by atoms with Gasteiger partial charge >= 0.3 is 0 Å². The van der Waals surface area contributed by atoms with Gasteiger partial charge in [-0.15, -0.1) is 0 Å². The van der Waals surface area contributed by atoms with Gasteiger partial charge in [0.25, 0.3) is 0 Å². The molecule has 7 heavy (non-hydrogen) atoms. The quantitative estimate of drug-likeness (QED) is 0.547. The maximum Gasteiger partial charge on any atom is 0.0166 e. The van der Waals surface area contributed by atoms with Gasteiger partial charge in [-0.05, 0) is 11.7 Å². The van der Waals surface area contributed by atoms with E-state index >= 15 is 0 Å². The molecule has 0 aromatic heterocycles. The van der Waals surface area contributed by atoms with E-state index in [0.717, 1.165) is 5.25 Å². The van der Waals surface area contributed by atoms with E-state index in [-0.39, 0.29) is 0 Å². The van der Waals surface area contributed by atoms with E-state index in [9.17, 15) is 0 Å². The van der Waals surface area contributed by atoms with Crippen LogP contribution in [0.1, 0.15) is 27.2 Å². The molecule has 0 aliphatic carbocycles. The molecule has 0 atom stereocenters. The second-order valence-electron chi connectivity index (χ2n) is 1.76. The summed E-state index contributed by atoms with van der Waals surface area (Å²) in [6.45, 7) is 6.57. The summed E-state index contributed by atoms with van der Waals surface area (Å²) < 4.78 is 0. The van der Waals surface area contributed by atoms with Gasteiger partial charge in [0.1, 0.15) is 0 Å². The van der Waals surface area contributed by atoms with E-state index in [1.807, 2.05) is 11.8 Å². The highest BCUT2D eigenvalue weighted by molar-refractivity contribution is 8.01. The minimum absolute atomic E-state index is 0.764. The van der Waals surface area contributed by atoms with Crippen molar-refractivity contribution < 1.29 is 0 Å². The Labute approximate surface area is 50.7 Å². The first-order valence-corrected chi connectivity index (χ1v) is 3.68. The third kappa shape index (κ3) is 6.35. The Morgan fingerprint density at radius 1 is 1.57 bits per heavy atom. The molecule has 0 saturated carbocycles. The average Bonchev–Trinajstić information content (AvgIpc) is 1.61. The lowest BCUT2D eigenvalue weighted by molar-refractivity contribution is 1.10. The highest BCUT2D eigenvalue weighted by atomic mass is 32.2. The molecule has 0 nitrogen and oxygen atoms in total. The van der Waals surface area contributed by atoms with Gasteiger partial charge in [-0.2, -0.15) is 11.8 Å². The number of hydrogen-bond acceptors (Lipinski definition) is 1. The van der Waals surface area contributed by atoms with Crippen LogP contribution in [0.3, 0.4) is 0 Å². The molecular weight excluding hydrogens is 104 g/mol. The van der Waals surface area contributed by atoms with Crippen molar-refractivity contribution in [3.8, 4) is 0 Å². The Morgan fingerprint density at radius 3 is 2.29 bits per heavy atom. The third-order valence-corrected chi connectivity index (χ3v) is 1.61. The molecule has 43 valence electrons. The van der Waals surface area contributed by atoms with Crippen LogP contribution >= 0.6 is 11.8 Å². The van der Waals surface area contributed by atoms with Crippen LogP contribution in [0.15, 0.2) is 0 Å². The highest BCUT2D eigenvalue weighted by Gasteiger charge is 1.89. The molecule has 0 aromatic rings. The summed E-state index contributed by atoms with van der Waals surface area (Å²) in [6, 6.07) is 0. The van der Waals surface area contributed by atoms with Crippen molar-refractivity contribution in [2.24, 2.45) is 0 Å². The van der Waals surface area contributed by atoms with Crippen LogP contribution in [-0.4, -0.2) is 5.25 Å². The van der Waals surface area contributed by atoms with Gasteiger partial charge in [-0.25, -0.2) is 0 Å². The van der Waals surface area contributed by atoms with Crippen molar-refractivity contribution in [1.29, 1.82) is 0 Å². The van der Waals surface area contributed by atoms with Crippen LogP contribution in [0.5, 0.6) is 0 Å². The lowest BCUT2D eigenvalue weighted by atomic mass is 10.6. The summed E-state index contributed by atoms with van der Waals surface area (Å²) in [7, 11) is 0. The fourth-order valence-corrected chi connectivity index (χ4v) is 0.866. The lowest BCUT2D eigenvalue weighted by Crippen LogP contribution is -1.82. The van der Waals surface area contributed by atoms with Gasteiger partial charge < -0.3 is 0 Å². The Morgan fingerprint density at radius 2 is 2.14 bits per heavy atom. The van der Waals surface area contributed by atoms with Gasteiger partial charge in [0.15, 0.2) is 0 Å². The van der Waals surface area contributed by atoms with E-state index < -0.39 is 0 Å². The van der Waals surface area contributed by atoms with Crippen LogP contribution in [-0.2, 0) is 0 Å². The standard InChI is InChI=1S/C6H13S/c1-4-5-7-6(2)3/h5-6H,4H2,1-3H3. The van der Waals surface area contributed by atoms with Crippen molar-refractivity contribution in [2.45, 2.75) is 32.4 Å². The topological polar surface area (TPSA) is 0 Å². The molecule has 0 unspecified atom stereocenters. The normalized spacial score (nSPS) is 10.3. The van der Waals surface area contributed by atoms with Crippen molar-refractivity contribution in [2.75, 3.05) is 0 Å². The Balaban J connectivity index is 2.68. The molecule has 0 spiro atoms. The monoisotopic (exact) mass is 117 g/mol. The molecule has 0 aliphatic heterocycles. The molecule has 0 amide bonds. The zero-order valence-corrected chi connectivity index (χ0v) is 6.09. The molecule has 0 aromatic carbocycles. The molecular formula is C6H13S. The van der Waals surface area contributed by atoms with Crippen LogP contribution in [0, 0.1) is 5.75 Å². The maximum absolute atomic E-state index is 2.24. The van der Waals surface area contributed by atoms with E-state index in [0.29, 0.717) is 0 Å². The first-order chi connectivity index (χ1) is 3.27. The fourth-order valence-electron chi connectivity index (χ4n) is 0.289. The maximum atomic E-state index is 2.24. The fraction of sp³-hybridized carbons (Fsp3) is 0.833. The Bertz CT molecular complexity index is 33.2. The Kier molecular flexibility index (Phi) is 4.73. The summed E-state index contributed by atoms with van der Waals surface area (Å²) in [5.74, 6) is 2.24. The largest absolute Gasteiger partial charge is 0.155 e. The van der Waals surface area contributed by atoms with E-state index in [4.69, 9.17) is 0 Å². The van der Waals surface area contributed by atoms with E-state index in [2.05, 4.69) is 26.5 Å². The molecule has 0 aliphatic rings. The smallest absolute Gasteiger partial charge is 0.0166 e. The van der Waals surface area contributed by atoms with Crippen LogP contribution < -0.4 is 0 Å². The summed E-state index contributed by atoms with van der Waals surface area (Å²) in [4.78, 5) is 0. The average molecular weight is 117 g/mol. The third-order valence-electron chi connectivity index (χ3n) is 0.535. The first-order valence-electron chi connectivity index (χ1n) is 2.74.